The van der Waals surface area contributed by atoms with E-state index in [0.29, 0.717) is 22.2 Å². The minimum Gasteiger partial charge on any atom is -0.460 e. The number of hydrogen-bond acceptors (Lipinski definition) is 10. The predicted molar refractivity (Wildman–Crippen MR) is 204 cm³/mol. The van der Waals surface area contributed by atoms with Crippen LogP contribution in [0.3, 0.4) is 0 Å². The Bertz CT molecular complexity index is 2000. The monoisotopic (exact) mass is 760 g/mol. The van der Waals surface area contributed by atoms with E-state index in [9.17, 15) is 27.6 Å². The lowest BCUT2D eigenvalue weighted by Gasteiger charge is -2.40. The van der Waals surface area contributed by atoms with Crippen LogP contribution in [0.15, 0.2) is 73.1 Å². The summed E-state index contributed by atoms with van der Waals surface area (Å²) in [6.45, 7) is 8.41. The number of ether oxygens (including phenoxy) is 2. The number of halogens is 3. The van der Waals surface area contributed by atoms with Crippen molar-refractivity contribution in [2.75, 3.05) is 61.4 Å². The second-order valence-electron chi connectivity index (χ2n) is 15.4. The molecule has 0 spiro atoms. The highest BCUT2D eigenvalue weighted by Gasteiger charge is 2.45. The minimum absolute atomic E-state index is 0.00800. The number of carbonyl (C=O) groups excluding carboxylic acids is 3. The van der Waals surface area contributed by atoms with Crippen molar-refractivity contribution in [3.05, 3.63) is 89.9 Å². The molecule has 2 aromatic heterocycles. The van der Waals surface area contributed by atoms with E-state index >= 15 is 0 Å². The van der Waals surface area contributed by atoms with Gasteiger partial charge in [0.25, 0.3) is 0 Å². The zero-order valence-electron chi connectivity index (χ0n) is 31.6. The third-order valence-corrected chi connectivity index (χ3v) is 9.83. The summed E-state index contributed by atoms with van der Waals surface area (Å²) in [6, 6.07) is 18.2. The number of piperazine rings is 1. The van der Waals surface area contributed by atoms with Gasteiger partial charge in [-0.3, -0.25) is 19.9 Å². The molecule has 0 unspecified atom stereocenters. The van der Waals surface area contributed by atoms with E-state index in [4.69, 9.17) is 14.5 Å². The lowest BCUT2D eigenvalue weighted by atomic mass is 9.86. The van der Waals surface area contributed by atoms with Crippen molar-refractivity contribution < 1.29 is 37.0 Å². The van der Waals surface area contributed by atoms with Crippen molar-refractivity contribution in [3.8, 4) is 0 Å². The number of fused-ring (bicyclic) bond motifs is 1. The first kappa shape index (κ1) is 39.5. The van der Waals surface area contributed by atoms with Crippen LogP contribution in [0, 0.1) is 11.8 Å². The van der Waals surface area contributed by atoms with Crippen LogP contribution in [-0.2, 0) is 27.3 Å². The molecule has 0 aliphatic carbocycles. The maximum Gasteiger partial charge on any atom is 0.412 e. The standard InChI is InChI=1S/C41H47F3N6O5/c1-40(2,3)55-37(52)19-28-18-31(41(42,43)44)25-50(24-28)35-12-13-45-23-30(35)21-36(51)38-34(47-39(53)54-26-27-8-6-5-7-9-27)20-29-10-11-32(22-33(29)46-38)49-16-14-48(4)15-17-49/h5-13,20,22-23,28,31H,14-19,21,24-26H2,1-4H3,(H,47,53)/t28-,31-/m1/s1. The minimum atomic E-state index is -4.50. The summed E-state index contributed by atoms with van der Waals surface area (Å²) in [5.74, 6) is -3.37. The molecular weight excluding hydrogens is 713 g/mol. The molecule has 55 heavy (non-hydrogen) atoms. The van der Waals surface area contributed by atoms with Gasteiger partial charge < -0.3 is 24.2 Å². The SMILES string of the molecule is CN1CCN(c2ccc3cc(NC(=O)OCc4ccccc4)c(C(=O)Cc4cnccc4N4C[C@@H](CC(=O)OC(C)(C)C)C[C@@H](C(F)(F)F)C4)nc3c2)CC1. The average Bonchev–Trinajstić information content (AvgIpc) is 3.13. The van der Waals surface area contributed by atoms with Gasteiger partial charge in [0, 0.05) is 80.4 Å². The largest absolute Gasteiger partial charge is 0.460 e. The number of carbonyl (C=O) groups is 3. The molecule has 0 bridgehead atoms. The average molecular weight is 761 g/mol. The van der Waals surface area contributed by atoms with Gasteiger partial charge in [0.1, 0.15) is 17.9 Å². The third kappa shape index (κ3) is 10.5. The van der Waals surface area contributed by atoms with Gasteiger partial charge in [-0.2, -0.15) is 13.2 Å². The van der Waals surface area contributed by atoms with Crippen molar-refractivity contribution in [2.45, 2.75) is 58.4 Å². The third-order valence-electron chi connectivity index (χ3n) is 9.83. The molecule has 292 valence electrons. The van der Waals surface area contributed by atoms with Gasteiger partial charge >= 0.3 is 18.2 Å². The highest BCUT2D eigenvalue weighted by Crippen LogP contribution is 2.39. The van der Waals surface area contributed by atoms with Gasteiger partial charge in [-0.25, -0.2) is 9.78 Å². The molecule has 0 radical (unpaired) electrons. The fourth-order valence-electron chi connectivity index (χ4n) is 7.12. The van der Waals surface area contributed by atoms with E-state index in [1.54, 1.807) is 37.8 Å². The fraction of sp³-hybridized carbons (Fsp3) is 0.439. The number of aromatic nitrogens is 2. The maximum absolute atomic E-state index is 14.3. The van der Waals surface area contributed by atoms with E-state index in [2.05, 4.69) is 27.1 Å². The van der Waals surface area contributed by atoms with Crippen molar-refractivity contribution in [1.29, 1.82) is 0 Å². The molecule has 14 heteroatoms. The summed E-state index contributed by atoms with van der Waals surface area (Å²) in [5.41, 5.74) is 2.41. The Hall–Kier alpha value is -5.24. The van der Waals surface area contributed by atoms with Gasteiger partial charge in [-0.15, -0.1) is 0 Å². The molecule has 2 atom stereocenters. The number of alkyl halides is 3. The lowest BCUT2D eigenvalue weighted by molar-refractivity contribution is -0.181. The molecule has 1 N–H and O–H groups in total. The number of hydrogen-bond donors (Lipinski definition) is 1. The number of nitrogens with zero attached hydrogens (tertiary/aromatic N) is 5. The first-order valence-electron chi connectivity index (χ1n) is 18.5. The number of benzene rings is 2. The molecule has 4 heterocycles. The smallest absolute Gasteiger partial charge is 0.412 e. The van der Waals surface area contributed by atoms with Crippen molar-refractivity contribution >= 4 is 45.8 Å². The number of pyridine rings is 2. The normalized spacial score (nSPS) is 18.2. The molecular formula is C41H47F3N6O5. The van der Waals surface area contributed by atoms with Crippen LogP contribution >= 0.6 is 0 Å². The van der Waals surface area contributed by atoms with Gasteiger partial charge in [0.05, 0.1) is 23.5 Å². The highest BCUT2D eigenvalue weighted by molar-refractivity contribution is 6.06. The number of nitrogens with one attached hydrogen (secondary N) is 1. The molecule has 2 aliphatic heterocycles. The first-order chi connectivity index (χ1) is 26.1. The molecule has 0 saturated carbocycles. The summed E-state index contributed by atoms with van der Waals surface area (Å²) in [7, 11) is 2.08. The lowest BCUT2D eigenvalue weighted by Crippen LogP contribution is -2.47. The molecule has 1 amide bonds. The zero-order chi connectivity index (χ0) is 39.3. The molecule has 4 aromatic rings. The summed E-state index contributed by atoms with van der Waals surface area (Å²) < 4.78 is 53.7. The second-order valence-corrected chi connectivity index (χ2v) is 15.4. The van der Waals surface area contributed by atoms with E-state index in [1.807, 2.05) is 48.5 Å². The second kappa shape index (κ2) is 16.6. The molecule has 2 saturated heterocycles. The van der Waals surface area contributed by atoms with Crippen LogP contribution in [0.2, 0.25) is 0 Å². The quantitative estimate of drug-likeness (QED) is 0.131. The fourth-order valence-corrected chi connectivity index (χ4v) is 7.12. The summed E-state index contributed by atoms with van der Waals surface area (Å²) >= 11 is 0. The first-order valence-corrected chi connectivity index (χ1v) is 18.5. The van der Waals surface area contributed by atoms with Gasteiger partial charge in [-0.05, 0) is 70.0 Å². The van der Waals surface area contributed by atoms with Crippen LogP contribution in [0.25, 0.3) is 10.9 Å². The van der Waals surface area contributed by atoms with E-state index in [0.717, 1.165) is 37.4 Å². The van der Waals surface area contributed by atoms with Crippen molar-refractivity contribution in [3.63, 3.8) is 0 Å². The predicted octanol–water partition coefficient (Wildman–Crippen LogP) is 7.29. The molecule has 2 fully saturated rings. The van der Waals surface area contributed by atoms with E-state index in [1.165, 1.54) is 12.4 Å². The number of esters is 1. The van der Waals surface area contributed by atoms with Gasteiger partial charge in [0.15, 0.2) is 5.78 Å². The Kier molecular flexibility index (Phi) is 11.9. The molecule has 2 aliphatic rings. The van der Waals surface area contributed by atoms with Gasteiger partial charge in [-0.1, -0.05) is 36.4 Å². The number of amides is 1. The van der Waals surface area contributed by atoms with Crippen LogP contribution < -0.4 is 15.1 Å². The van der Waals surface area contributed by atoms with Crippen LogP contribution in [0.5, 0.6) is 0 Å². The summed E-state index contributed by atoms with van der Waals surface area (Å²) in [5, 5.41) is 3.40. The number of anilines is 3. The van der Waals surface area contributed by atoms with Crippen LogP contribution in [0.1, 0.15) is 55.2 Å². The summed E-state index contributed by atoms with van der Waals surface area (Å²) in [4.78, 5) is 55.2. The van der Waals surface area contributed by atoms with E-state index in [-0.39, 0.29) is 50.3 Å². The zero-order valence-corrected chi connectivity index (χ0v) is 31.6. The summed E-state index contributed by atoms with van der Waals surface area (Å²) in [6.07, 6.45) is -3.01. The van der Waals surface area contributed by atoms with Crippen molar-refractivity contribution in [1.82, 2.24) is 14.9 Å². The van der Waals surface area contributed by atoms with Crippen LogP contribution in [-0.4, -0.2) is 90.8 Å². The Balaban J connectivity index is 1.29. The Morgan fingerprint density at radius 3 is 2.38 bits per heavy atom. The molecule has 11 nitrogen and oxygen atoms in total. The van der Waals surface area contributed by atoms with Gasteiger partial charge in [0.2, 0.25) is 0 Å². The maximum atomic E-state index is 14.3. The highest BCUT2D eigenvalue weighted by atomic mass is 19.4. The number of ketones is 1. The van der Waals surface area contributed by atoms with Crippen molar-refractivity contribution in [2.24, 2.45) is 11.8 Å². The Morgan fingerprint density at radius 2 is 1.67 bits per heavy atom. The number of piperidine rings is 1. The number of likely N-dealkylation sites (N-methyl/N-ethyl adjacent to an activating group) is 1. The molecule has 2 aromatic carbocycles. The van der Waals surface area contributed by atoms with E-state index < -0.39 is 41.5 Å². The Labute approximate surface area is 318 Å². The Morgan fingerprint density at radius 1 is 0.927 bits per heavy atom. The number of Topliss-reactive ketones (excluding diaryl/α,β-unsaturated/α-hetero) is 1. The molecule has 6 rings (SSSR count). The topological polar surface area (TPSA) is 117 Å². The number of rotatable bonds is 10. The van der Waals surface area contributed by atoms with Crippen LogP contribution in [0.4, 0.5) is 35.0 Å².